The number of nitrogens with two attached hydrogens (primary N) is 1. The molecule has 2 aromatic heterocycles. The molecule has 1 unspecified atom stereocenters. The highest BCUT2D eigenvalue weighted by Gasteiger charge is 2.21. The van der Waals surface area contributed by atoms with E-state index >= 15 is 0 Å². The molecule has 0 saturated carbocycles. The molecule has 1 aliphatic rings. The van der Waals surface area contributed by atoms with Gasteiger partial charge in [0.05, 0.1) is 16.4 Å². The predicted octanol–water partition coefficient (Wildman–Crippen LogP) is 1.98. The van der Waals surface area contributed by atoms with Gasteiger partial charge in [-0.3, -0.25) is 0 Å². The Bertz CT molecular complexity index is 915. The van der Waals surface area contributed by atoms with Gasteiger partial charge in [-0.25, -0.2) is 9.97 Å². The summed E-state index contributed by atoms with van der Waals surface area (Å²) in [7, 11) is 1.98. The third kappa shape index (κ3) is 2.79. The molecule has 3 aromatic rings. The monoisotopic (exact) mass is 341 g/mol. The largest absolute Gasteiger partial charge is 0.488 e. The first-order valence-electron chi connectivity index (χ1n) is 8.67. The van der Waals surface area contributed by atoms with E-state index in [9.17, 15) is 0 Å². The number of hydrogen-bond acceptors (Lipinski definition) is 6. The molecule has 0 spiro atoms. The lowest BCUT2D eigenvalue weighted by Crippen LogP contribution is -2.19. The van der Waals surface area contributed by atoms with E-state index in [1.807, 2.05) is 36.7 Å². The molecular weight excluding hydrogens is 318 g/mol. The van der Waals surface area contributed by atoms with Crippen LogP contribution in [0.5, 0.6) is 5.75 Å². The van der Waals surface area contributed by atoms with Crippen molar-refractivity contribution >= 4 is 27.8 Å². The number of nitrogens with one attached hydrogen (secondary N) is 1. The van der Waals surface area contributed by atoms with Gasteiger partial charge in [0, 0.05) is 20.2 Å². The van der Waals surface area contributed by atoms with Crippen molar-refractivity contribution in [2.24, 2.45) is 7.05 Å². The minimum Gasteiger partial charge on any atom is -0.488 e. The van der Waals surface area contributed by atoms with Crippen LogP contribution in [-0.4, -0.2) is 40.3 Å². The van der Waals surface area contributed by atoms with E-state index in [2.05, 4.69) is 15.3 Å². The van der Waals surface area contributed by atoms with E-state index in [1.165, 1.54) is 0 Å². The Morgan fingerprint density at radius 2 is 2.24 bits per heavy atom. The molecule has 0 amide bonds. The van der Waals surface area contributed by atoms with E-state index < -0.39 is 0 Å². The average Bonchev–Trinajstić information content (AvgIpc) is 3.22. The lowest BCUT2D eigenvalue weighted by atomic mass is 10.1. The summed E-state index contributed by atoms with van der Waals surface area (Å²) in [6, 6.07) is 5.91. The van der Waals surface area contributed by atoms with Crippen molar-refractivity contribution in [3.05, 3.63) is 24.0 Å². The standard InChI is InChI=1S/C18H23N5O2/c1-3-24-10-14-22-16-17(23(14)2)15-12(21-18(16)19)5-4-6-13(15)25-11-7-8-20-9-11/h4-6,11,20H,3,7-10H2,1-2H3,(H2,19,21). The van der Waals surface area contributed by atoms with Crippen LogP contribution >= 0.6 is 0 Å². The number of nitrogen functional groups attached to an aromatic ring is 1. The number of ether oxygens (including phenoxy) is 2. The van der Waals surface area contributed by atoms with Crippen molar-refractivity contribution < 1.29 is 9.47 Å². The summed E-state index contributed by atoms with van der Waals surface area (Å²) in [4.78, 5) is 9.19. The smallest absolute Gasteiger partial charge is 0.152 e. The lowest BCUT2D eigenvalue weighted by molar-refractivity contribution is 0.126. The molecule has 4 rings (SSSR count). The SMILES string of the molecule is CCOCc1nc2c(N)nc3cccc(OC4CCNC4)c3c2n1C. The van der Waals surface area contributed by atoms with Gasteiger partial charge in [0.25, 0.3) is 0 Å². The number of imidazole rings is 1. The van der Waals surface area contributed by atoms with E-state index in [0.29, 0.717) is 24.5 Å². The van der Waals surface area contributed by atoms with Crippen LogP contribution in [0.2, 0.25) is 0 Å². The van der Waals surface area contributed by atoms with E-state index in [4.69, 9.17) is 15.2 Å². The number of rotatable bonds is 5. The first kappa shape index (κ1) is 16.1. The molecule has 25 heavy (non-hydrogen) atoms. The molecule has 0 aliphatic carbocycles. The zero-order chi connectivity index (χ0) is 17.4. The van der Waals surface area contributed by atoms with Crippen molar-refractivity contribution in [1.82, 2.24) is 19.9 Å². The third-order valence-corrected chi connectivity index (χ3v) is 4.66. The van der Waals surface area contributed by atoms with Crippen molar-refractivity contribution in [3.63, 3.8) is 0 Å². The maximum Gasteiger partial charge on any atom is 0.152 e. The topological polar surface area (TPSA) is 87.2 Å². The number of hydrogen-bond donors (Lipinski definition) is 2. The summed E-state index contributed by atoms with van der Waals surface area (Å²) in [5.74, 6) is 2.09. The van der Waals surface area contributed by atoms with Crippen molar-refractivity contribution in [3.8, 4) is 5.75 Å². The maximum absolute atomic E-state index is 6.27. The fraction of sp³-hybridized carbons (Fsp3) is 0.444. The molecule has 132 valence electrons. The second-order valence-corrected chi connectivity index (χ2v) is 6.30. The number of pyridine rings is 1. The molecular formula is C18H23N5O2. The van der Waals surface area contributed by atoms with Crippen LogP contribution in [0.3, 0.4) is 0 Å². The molecule has 3 N–H and O–H groups in total. The van der Waals surface area contributed by atoms with Crippen LogP contribution in [0, 0.1) is 0 Å². The normalized spacial score (nSPS) is 17.6. The highest BCUT2D eigenvalue weighted by atomic mass is 16.5. The van der Waals surface area contributed by atoms with Crippen molar-refractivity contribution in [1.29, 1.82) is 0 Å². The third-order valence-electron chi connectivity index (χ3n) is 4.66. The lowest BCUT2D eigenvalue weighted by Gasteiger charge is -2.15. The van der Waals surface area contributed by atoms with Crippen LogP contribution in [-0.2, 0) is 18.4 Å². The highest BCUT2D eigenvalue weighted by molar-refractivity contribution is 6.09. The quantitative estimate of drug-likeness (QED) is 0.738. The van der Waals surface area contributed by atoms with Crippen molar-refractivity contribution in [2.45, 2.75) is 26.1 Å². The van der Waals surface area contributed by atoms with Gasteiger partial charge in [-0.05, 0) is 32.0 Å². The summed E-state index contributed by atoms with van der Waals surface area (Å²) < 4.78 is 13.8. The summed E-state index contributed by atoms with van der Waals surface area (Å²) in [6.07, 6.45) is 1.18. The number of nitrogens with zero attached hydrogens (tertiary/aromatic N) is 3. The molecule has 7 nitrogen and oxygen atoms in total. The van der Waals surface area contributed by atoms with Gasteiger partial charge in [-0.2, -0.15) is 0 Å². The molecule has 0 bridgehead atoms. The molecule has 7 heteroatoms. The maximum atomic E-state index is 6.27. The number of aromatic nitrogens is 3. The molecule has 1 saturated heterocycles. The van der Waals surface area contributed by atoms with E-state index in [-0.39, 0.29) is 6.10 Å². The van der Waals surface area contributed by atoms with Gasteiger partial charge in [-0.1, -0.05) is 6.07 Å². The van der Waals surface area contributed by atoms with Crippen LogP contribution in [0.25, 0.3) is 21.9 Å². The molecule has 1 fully saturated rings. The van der Waals surface area contributed by atoms with Gasteiger partial charge >= 0.3 is 0 Å². The molecule has 0 radical (unpaired) electrons. The Balaban J connectivity index is 1.91. The summed E-state index contributed by atoms with van der Waals surface area (Å²) >= 11 is 0. The Hall–Kier alpha value is -2.38. The van der Waals surface area contributed by atoms with E-state index in [0.717, 1.165) is 47.5 Å². The zero-order valence-electron chi connectivity index (χ0n) is 14.6. The molecule has 1 aliphatic heterocycles. The zero-order valence-corrected chi connectivity index (χ0v) is 14.6. The minimum atomic E-state index is 0.175. The van der Waals surface area contributed by atoms with Crippen LogP contribution in [0.15, 0.2) is 18.2 Å². The Kier molecular flexibility index (Phi) is 4.19. The molecule has 1 atom stereocenters. The number of aryl methyl sites for hydroxylation is 1. The molecule has 1 aromatic carbocycles. The van der Waals surface area contributed by atoms with Crippen LogP contribution < -0.4 is 15.8 Å². The summed E-state index contributed by atoms with van der Waals surface area (Å²) in [5, 5.41) is 4.29. The van der Waals surface area contributed by atoms with E-state index in [1.54, 1.807) is 0 Å². The Labute approximate surface area is 146 Å². The van der Waals surface area contributed by atoms with Crippen LogP contribution in [0.1, 0.15) is 19.2 Å². The van der Waals surface area contributed by atoms with Gasteiger partial charge in [0.2, 0.25) is 0 Å². The predicted molar refractivity (Wildman–Crippen MR) is 97.7 cm³/mol. The number of anilines is 1. The Morgan fingerprint density at radius 3 is 3.00 bits per heavy atom. The van der Waals surface area contributed by atoms with Crippen LogP contribution in [0.4, 0.5) is 5.82 Å². The van der Waals surface area contributed by atoms with Gasteiger partial charge < -0.3 is 25.1 Å². The minimum absolute atomic E-state index is 0.175. The van der Waals surface area contributed by atoms with Gasteiger partial charge in [0.15, 0.2) is 5.82 Å². The first-order chi connectivity index (χ1) is 12.2. The summed E-state index contributed by atoms with van der Waals surface area (Å²) in [5.41, 5.74) is 8.63. The Morgan fingerprint density at radius 1 is 1.36 bits per heavy atom. The first-order valence-corrected chi connectivity index (χ1v) is 8.67. The second kappa shape index (κ2) is 6.50. The fourth-order valence-electron chi connectivity index (χ4n) is 3.37. The fourth-order valence-corrected chi connectivity index (χ4v) is 3.37. The van der Waals surface area contributed by atoms with Gasteiger partial charge in [-0.15, -0.1) is 0 Å². The number of benzene rings is 1. The number of fused-ring (bicyclic) bond motifs is 3. The summed E-state index contributed by atoms with van der Waals surface area (Å²) in [6.45, 7) is 4.90. The average molecular weight is 341 g/mol. The highest BCUT2D eigenvalue weighted by Crippen LogP contribution is 2.35. The van der Waals surface area contributed by atoms with Gasteiger partial charge in [0.1, 0.15) is 29.8 Å². The second-order valence-electron chi connectivity index (χ2n) is 6.30. The van der Waals surface area contributed by atoms with Crippen molar-refractivity contribution in [2.75, 3.05) is 25.4 Å². The molecule has 3 heterocycles.